The minimum absolute atomic E-state index is 0. The van der Waals surface area contributed by atoms with Crippen molar-refractivity contribution in [2.24, 2.45) is 0 Å². The van der Waals surface area contributed by atoms with Crippen molar-refractivity contribution in [3.8, 4) is 5.75 Å². The van der Waals surface area contributed by atoms with Crippen LogP contribution >= 0.6 is 0 Å². The number of rotatable bonds is 5. The topological polar surface area (TPSA) is 98.8 Å². The van der Waals surface area contributed by atoms with Gasteiger partial charge in [-0.3, -0.25) is 4.79 Å². The first-order valence-electron chi connectivity index (χ1n) is 8.03. The number of ether oxygens (including phenoxy) is 1. The monoisotopic (exact) mass is 377 g/mol. The maximum Gasteiger partial charge on any atom is 0.328 e. The normalized spacial score (nSPS) is 10.9. The molecule has 1 N–H and O–H groups in total. The fraction of sp³-hybridized carbons (Fsp3) is 0.529. The molecule has 1 rings (SSSR count). The van der Waals surface area contributed by atoms with Gasteiger partial charge in [-0.05, 0) is 26.0 Å². The number of hydrogen-bond acceptors (Lipinski definition) is 6. The number of carbonyl (C=O) groups is 2. The molecule has 0 saturated heterocycles. The molecule has 0 aliphatic carbocycles. The summed E-state index contributed by atoms with van der Waals surface area (Å²) in [6.45, 7) is 11.2. The zero-order chi connectivity index (χ0) is 20.2. The Bertz CT molecular complexity index is 661. The van der Waals surface area contributed by atoms with Crippen LogP contribution in [0.25, 0.3) is 0 Å². The maximum atomic E-state index is 12.1. The summed E-state index contributed by atoms with van der Waals surface area (Å²) >= 11 is 0. The van der Waals surface area contributed by atoms with Crippen molar-refractivity contribution < 1.29 is 28.4 Å². The van der Waals surface area contributed by atoms with E-state index in [9.17, 15) is 18.0 Å². The number of amides is 1. The minimum Gasteiger partial charge on any atom is -0.467 e. The van der Waals surface area contributed by atoms with Crippen molar-refractivity contribution in [1.82, 2.24) is 5.32 Å². The summed E-state index contributed by atoms with van der Waals surface area (Å²) in [7, 11) is -2.56. The summed E-state index contributed by atoms with van der Waals surface area (Å²) in [4.78, 5) is 23.4. The van der Waals surface area contributed by atoms with Gasteiger partial charge in [-0.1, -0.05) is 39.3 Å². The lowest BCUT2D eigenvalue weighted by Gasteiger charge is -2.14. The average molecular weight is 378 g/mol. The molecule has 0 saturated carbocycles. The third kappa shape index (κ3) is 9.71. The van der Waals surface area contributed by atoms with Gasteiger partial charge in [-0.25, -0.2) is 4.79 Å². The Labute approximate surface area is 152 Å². The second-order valence-electron chi connectivity index (χ2n) is 4.51. The summed E-state index contributed by atoms with van der Waals surface area (Å²) in [5.74, 6) is -1.34. The molecule has 0 aliphatic rings. The van der Waals surface area contributed by atoms with E-state index < -0.39 is 28.0 Å². The fourth-order valence-corrected chi connectivity index (χ4v) is 2.04. The van der Waals surface area contributed by atoms with E-state index in [4.69, 9.17) is 4.18 Å². The highest BCUT2D eigenvalue weighted by Crippen LogP contribution is 2.21. The van der Waals surface area contributed by atoms with Gasteiger partial charge in [0.2, 0.25) is 0 Å². The SMILES string of the molecule is CC.CC.COC(=O)[C@@H](C)NC(=O)c1cc(C)ccc1OS(C)(=O)=O.[HH]. The lowest BCUT2D eigenvalue weighted by molar-refractivity contribution is -0.142. The lowest BCUT2D eigenvalue weighted by atomic mass is 10.1. The van der Waals surface area contributed by atoms with Gasteiger partial charge < -0.3 is 14.2 Å². The van der Waals surface area contributed by atoms with Crippen molar-refractivity contribution in [3.63, 3.8) is 0 Å². The first-order valence-corrected chi connectivity index (χ1v) is 9.84. The van der Waals surface area contributed by atoms with Crippen LogP contribution in [0.4, 0.5) is 0 Å². The van der Waals surface area contributed by atoms with Gasteiger partial charge in [0.1, 0.15) is 6.04 Å². The van der Waals surface area contributed by atoms with Gasteiger partial charge >= 0.3 is 16.1 Å². The Morgan fingerprint density at radius 1 is 1.16 bits per heavy atom. The summed E-state index contributed by atoms with van der Waals surface area (Å²) in [6, 6.07) is 3.60. The van der Waals surface area contributed by atoms with Crippen LogP contribution in [-0.2, 0) is 19.6 Å². The quantitative estimate of drug-likeness (QED) is 0.626. The van der Waals surface area contributed by atoms with Crippen LogP contribution in [0.2, 0.25) is 0 Å². The van der Waals surface area contributed by atoms with E-state index in [0.717, 1.165) is 11.8 Å². The molecule has 0 bridgehead atoms. The summed E-state index contributed by atoms with van der Waals surface area (Å²) in [6.07, 6.45) is 0.881. The first-order chi connectivity index (χ1) is 11.6. The van der Waals surface area contributed by atoms with Crippen LogP contribution in [0.3, 0.4) is 0 Å². The maximum absolute atomic E-state index is 12.1. The molecule has 1 amide bonds. The number of aryl methyl sites for hydroxylation is 1. The van der Waals surface area contributed by atoms with Crippen LogP contribution < -0.4 is 9.50 Å². The summed E-state index contributed by atoms with van der Waals surface area (Å²) in [5.41, 5.74) is 0.767. The Morgan fingerprint density at radius 2 is 1.68 bits per heavy atom. The Balaban J connectivity index is -0.000000985. The highest BCUT2D eigenvalue weighted by molar-refractivity contribution is 7.86. The van der Waals surface area contributed by atoms with E-state index in [2.05, 4.69) is 10.1 Å². The molecule has 0 fully saturated rings. The van der Waals surface area contributed by atoms with Crippen LogP contribution in [0.1, 0.15) is 52.0 Å². The second kappa shape index (κ2) is 12.3. The molecule has 1 aromatic carbocycles. The molecule has 7 nitrogen and oxygen atoms in total. The molecule has 0 spiro atoms. The van der Waals surface area contributed by atoms with Crippen molar-refractivity contribution in [1.29, 1.82) is 0 Å². The zero-order valence-corrected chi connectivity index (χ0v) is 17.0. The second-order valence-corrected chi connectivity index (χ2v) is 6.08. The number of carbonyl (C=O) groups excluding carboxylic acids is 2. The lowest BCUT2D eigenvalue weighted by Crippen LogP contribution is -2.39. The summed E-state index contributed by atoms with van der Waals surface area (Å²) < 4.78 is 31.7. The first kappa shape index (κ1) is 25.2. The predicted octanol–water partition coefficient (Wildman–Crippen LogP) is 2.92. The predicted molar refractivity (Wildman–Crippen MR) is 100 cm³/mol. The highest BCUT2D eigenvalue weighted by atomic mass is 32.2. The Hall–Kier alpha value is -2.09. The highest BCUT2D eigenvalue weighted by Gasteiger charge is 2.21. The van der Waals surface area contributed by atoms with E-state index in [1.54, 1.807) is 13.0 Å². The number of esters is 1. The van der Waals surface area contributed by atoms with Crippen LogP contribution in [0, 0.1) is 6.92 Å². The average Bonchev–Trinajstić information content (AvgIpc) is 2.58. The van der Waals surface area contributed by atoms with Crippen LogP contribution in [0.15, 0.2) is 18.2 Å². The van der Waals surface area contributed by atoms with Gasteiger partial charge in [0.05, 0.1) is 18.9 Å². The van der Waals surface area contributed by atoms with E-state index in [0.29, 0.717) is 0 Å². The molecule has 8 heteroatoms. The molecule has 0 radical (unpaired) electrons. The largest absolute Gasteiger partial charge is 0.467 e. The van der Waals surface area contributed by atoms with Gasteiger partial charge in [0.25, 0.3) is 5.91 Å². The van der Waals surface area contributed by atoms with Crippen LogP contribution in [0.5, 0.6) is 5.75 Å². The van der Waals surface area contributed by atoms with E-state index in [1.165, 1.54) is 26.2 Å². The smallest absolute Gasteiger partial charge is 0.328 e. The number of benzene rings is 1. The molecule has 0 heterocycles. The molecule has 146 valence electrons. The fourth-order valence-electron chi connectivity index (χ4n) is 1.57. The van der Waals surface area contributed by atoms with Gasteiger partial charge in [-0.15, -0.1) is 0 Å². The standard InChI is InChI=1S/C13H17NO6S.2C2H6.H2/c1-8-5-6-11(20-21(4,17)18)10(7-8)12(15)14-9(2)13(16)19-3;2*1-2;/h5-7,9H,1-4H3,(H,14,15);2*1-2H3;1H/t9-;;;/m1.../s1. The molecule has 0 unspecified atom stereocenters. The molecule has 1 aromatic rings. The number of hydrogen-bond donors (Lipinski definition) is 1. The van der Waals surface area contributed by atoms with E-state index >= 15 is 0 Å². The molecule has 0 aromatic heterocycles. The Kier molecular flexibility index (Phi) is 12.4. The van der Waals surface area contributed by atoms with Crippen molar-refractivity contribution >= 4 is 22.0 Å². The molecular weight excluding hydrogens is 346 g/mol. The minimum atomic E-state index is -3.77. The third-order valence-corrected chi connectivity index (χ3v) is 3.01. The molecule has 25 heavy (non-hydrogen) atoms. The van der Waals surface area contributed by atoms with E-state index in [1.807, 2.05) is 27.7 Å². The van der Waals surface area contributed by atoms with Crippen molar-refractivity contribution in [3.05, 3.63) is 29.3 Å². The number of methoxy groups -OCH3 is 1. The van der Waals surface area contributed by atoms with Crippen molar-refractivity contribution in [2.45, 2.75) is 47.6 Å². The van der Waals surface area contributed by atoms with E-state index in [-0.39, 0.29) is 12.7 Å². The third-order valence-electron chi connectivity index (χ3n) is 2.52. The molecule has 0 aliphatic heterocycles. The molecular formula is C17H31NO6S. The molecule has 1 atom stereocenters. The van der Waals surface area contributed by atoms with Crippen molar-refractivity contribution in [2.75, 3.05) is 13.4 Å². The van der Waals surface area contributed by atoms with Gasteiger partial charge in [-0.2, -0.15) is 8.42 Å². The van der Waals surface area contributed by atoms with Gasteiger partial charge in [0, 0.05) is 1.43 Å². The zero-order valence-electron chi connectivity index (χ0n) is 16.2. The van der Waals surface area contributed by atoms with Crippen LogP contribution in [-0.4, -0.2) is 39.7 Å². The Morgan fingerprint density at radius 3 is 2.12 bits per heavy atom. The van der Waals surface area contributed by atoms with Gasteiger partial charge in [0.15, 0.2) is 5.75 Å². The summed E-state index contributed by atoms with van der Waals surface area (Å²) in [5, 5.41) is 2.41. The number of nitrogens with one attached hydrogen (secondary N) is 1.